The number of benzene rings is 2. The van der Waals surface area contributed by atoms with Crippen molar-refractivity contribution < 1.29 is 24.6 Å². The number of hydrogen-bond acceptors (Lipinski definition) is 7. The molecule has 3 aromatic rings. The first kappa shape index (κ1) is 31.4. The summed E-state index contributed by atoms with van der Waals surface area (Å²) in [6.45, 7) is 7.52. The van der Waals surface area contributed by atoms with Crippen LogP contribution >= 0.6 is 11.8 Å². The van der Waals surface area contributed by atoms with Crippen LogP contribution in [0, 0.1) is 6.92 Å². The third-order valence-corrected chi connectivity index (χ3v) is 7.40. The van der Waals surface area contributed by atoms with Crippen LogP contribution in [-0.4, -0.2) is 67.6 Å². The maximum absolute atomic E-state index is 13.8. The maximum Gasteiger partial charge on any atom is 0.255 e. The van der Waals surface area contributed by atoms with Gasteiger partial charge in [-0.3, -0.25) is 19.4 Å². The minimum Gasteiger partial charge on any atom is -0.508 e. The highest BCUT2D eigenvalue weighted by molar-refractivity contribution is 7.99. The molecule has 0 aliphatic heterocycles. The molecule has 2 aromatic carbocycles. The number of aliphatic hydroxyl groups excluding tert-OH is 1. The summed E-state index contributed by atoms with van der Waals surface area (Å²) in [5.74, 6) is -0.970. The highest BCUT2D eigenvalue weighted by atomic mass is 32.2. The summed E-state index contributed by atoms with van der Waals surface area (Å²) in [4.78, 5) is 45.6. The second kappa shape index (κ2) is 15.6. The molecule has 1 unspecified atom stereocenters. The molecule has 3 rings (SSSR count). The molecule has 4 N–H and O–H groups in total. The average molecular weight is 577 g/mol. The summed E-state index contributed by atoms with van der Waals surface area (Å²) in [7, 11) is 0. The van der Waals surface area contributed by atoms with E-state index in [2.05, 4.69) is 22.2 Å². The highest BCUT2D eigenvalue weighted by Crippen LogP contribution is 2.21. The Bertz CT molecular complexity index is 1320. The molecule has 0 saturated heterocycles. The van der Waals surface area contributed by atoms with Gasteiger partial charge in [0.15, 0.2) is 6.10 Å². The number of aliphatic hydroxyl groups is 1. The molecule has 9 nitrogen and oxygen atoms in total. The second-order valence-electron chi connectivity index (χ2n) is 9.35. The normalized spacial score (nSPS) is 13.0. The summed E-state index contributed by atoms with van der Waals surface area (Å²) in [5.41, 5.74) is 2.18. The number of pyridine rings is 1. The quantitative estimate of drug-likeness (QED) is 0.171. The molecule has 10 heteroatoms. The molecule has 0 aliphatic carbocycles. The minimum atomic E-state index is -1.68. The van der Waals surface area contributed by atoms with Gasteiger partial charge in [0.2, 0.25) is 5.91 Å². The van der Waals surface area contributed by atoms with E-state index in [-0.39, 0.29) is 30.2 Å². The SMILES string of the molecule is C=C[C@@H](C(=O)NCc1cccnc1)N(CSCC)C(=O)[C@@H](O)C(Cc1ccccc1)NC(=O)c1cccc(O)c1C. The Balaban J connectivity index is 1.86. The Morgan fingerprint density at radius 2 is 1.80 bits per heavy atom. The standard InChI is InChI=1S/C31H36N4O5S/c1-4-26(30(39)33-19-23-13-10-16-32-18-23)35(20-41-5-2)31(40)28(37)25(17-22-11-7-6-8-12-22)34-29(38)24-14-9-15-27(36)21(24)3/h4,6-16,18,25-26,28,36-37H,1,5,17,19-20H2,2-3H3,(H,33,39)(H,34,38)/t25?,26-,28-/m0/s1. The third kappa shape index (κ3) is 8.67. The van der Waals surface area contributed by atoms with Crippen LogP contribution < -0.4 is 10.6 Å². The Morgan fingerprint density at radius 3 is 2.46 bits per heavy atom. The Labute approximate surface area is 244 Å². The topological polar surface area (TPSA) is 132 Å². The van der Waals surface area contributed by atoms with E-state index in [9.17, 15) is 24.6 Å². The molecule has 0 fully saturated rings. The van der Waals surface area contributed by atoms with E-state index in [1.54, 1.807) is 37.5 Å². The van der Waals surface area contributed by atoms with E-state index < -0.39 is 35.9 Å². The molecule has 41 heavy (non-hydrogen) atoms. The van der Waals surface area contributed by atoms with Gasteiger partial charge < -0.3 is 25.7 Å². The number of amides is 3. The molecule has 0 saturated carbocycles. The molecular weight excluding hydrogens is 540 g/mol. The molecular formula is C31H36N4O5S. The number of rotatable bonds is 14. The van der Waals surface area contributed by atoms with Gasteiger partial charge in [-0.25, -0.2) is 0 Å². The fraction of sp³-hybridized carbons (Fsp3) is 0.290. The van der Waals surface area contributed by atoms with E-state index in [1.807, 2.05) is 43.3 Å². The predicted molar refractivity (Wildman–Crippen MR) is 160 cm³/mol. The van der Waals surface area contributed by atoms with Crippen molar-refractivity contribution in [3.8, 4) is 5.75 Å². The number of aromatic nitrogens is 1. The zero-order chi connectivity index (χ0) is 29.8. The number of nitrogens with zero attached hydrogens (tertiary/aromatic N) is 2. The van der Waals surface area contributed by atoms with Gasteiger partial charge >= 0.3 is 0 Å². The summed E-state index contributed by atoms with van der Waals surface area (Å²) < 4.78 is 0. The summed E-state index contributed by atoms with van der Waals surface area (Å²) in [6, 6.07) is 15.2. The summed E-state index contributed by atoms with van der Waals surface area (Å²) in [5, 5.41) is 27.1. The number of nitrogens with one attached hydrogen (secondary N) is 2. The van der Waals surface area contributed by atoms with E-state index in [1.165, 1.54) is 28.8 Å². The molecule has 3 atom stereocenters. The van der Waals surface area contributed by atoms with Gasteiger partial charge in [-0.1, -0.05) is 55.5 Å². The monoisotopic (exact) mass is 576 g/mol. The lowest BCUT2D eigenvalue weighted by Crippen LogP contribution is -2.57. The van der Waals surface area contributed by atoms with Crippen molar-refractivity contribution in [2.45, 2.75) is 45.0 Å². The summed E-state index contributed by atoms with van der Waals surface area (Å²) >= 11 is 1.41. The molecule has 1 heterocycles. The molecule has 216 valence electrons. The maximum atomic E-state index is 13.8. The van der Waals surface area contributed by atoms with Gasteiger partial charge in [0.25, 0.3) is 11.8 Å². The molecule has 0 bridgehead atoms. The number of carbonyl (C=O) groups excluding carboxylic acids is 3. The lowest BCUT2D eigenvalue weighted by atomic mass is 9.98. The zero-order valence-electron chi connectivity index (χ0n) is 23.2. The van der Waals surface area contributed by atoms with E-state index in [4.69, 9.17) is 0 Å². The van der Waals surface area contributed by atoms with Gasteiger partial charge in [0.1, 0.15) is 11.8 Å². The van der Waals surface area contributed by atoms with Crippen molar-refractivity contribution in [3.63, 3.8) is 0 Å². The first-order valence-corrected chi connectivity index (χ1v) is 14.4. The lowest BCUT2D eigenvalue weighted by molar-refractivity contribution is -0.145. The van der Waals surface area contributed by atoms with Crippen LogP contribution in [0.15, 0.2) is 85.7 Å². The fourth-order valence-corrected chi connectivity index (χ4v) is 4.88. The van der Waals surface area contributed by atoms with E-state index in [0.717, 1.165) is 11.1 Å². The third-order valence-electron chi connectivity index (χ3n) is 6.53. The number of carbonyl (C=O) groups is 3. The van der Waals surface area contributed by atoms with Crippen molar-refractivity contribution in [1.29, 1.82) is 0 Å². The van der Waals surface area contributed by atoms with Gasteiger partial charge in [-0.15, -0.1) is 18.3 Å². The number of aromatic hydroxyl groups is 1. The van der Waals surface area contributed by atoms with Crippen molar-refractivity contribution in [2.24, 2.45) is 0 Å². The average Bonchev–Trinajstić information content (AvgIpc) is 2.99. The van der Waals surface area contributed by atoms with Crippen LogP contribution in [0.25, 0.3) is 0 Å². The number of hydrogen-bond donors (Lipinski definition) is 4. The minimum absolute atomic E-state index is 0.0391. The van der Waals surface area contributed by atoms with E-state index >= 15 is 0 Å². The fourth-order valence-electron chi connectivity index (χ4n) is 4.21. The van der Waals surface area contributed by atoms with Gasteiger partial charge in [-0.2, -0.15) is 0 Å². The summed E-state index contributed by atoms with van der Waals surface area (Å²) in [6.07, 6.45) is 3.10. The van der Waals surface area contributed by atoms with Gasteiger partial charge in [0.05, 0.1) is 11.9 Å². The van der Waals surface area contributed by atoms with Crippen molar-refractivity contribution in [3.05, 3.63) is 108 Å². The van der Waals surface area contributed by atoms with Crippen LogP contribution in [0.4, 0.5) is 0 Å². The smallest absolute Gasteiger partial charge is 0.255 e. The largest absolute Gasteiger partial charge is 0.508 e. The number of phenols is 1. The van der Waals surface area contributed by atoms with Gasteiger partial charge in [-0.05, 0) is 48.4 Å². The van der Waals surface area contributed by atoms with Crippen LogP contribution in [0.1, 0.15) is 34.0 Å². The van der Waals surface area contributed by atoms with Crippen LogP contribution in [0.3, 0.4) is 0 Å². The molecule has 3 amide bonds. The number of thioether (sulfide) groups is 1. The Morgan fingerprint density at radius 1 is 1.07 bits per heavy atom. The second-order valence-corrected chi connectivity index (χ2v) is 10.6. The molecule has 0 spiro atoms. The van der Waals surface area contributed by atoms with Crippen molar-refractivity contribution in [1.82, 2.24) is 20.5 Å². The number of phenolic OH excluding ortho intramolecular Hbond substituents is 1. The van der Waals surface area contributed by atoms with Gasteiger partial charge in [0, 0.05) is 30.1 Å². The van der Waals surface area contributed by atoms with Crippen molar-refractivity contribution >= 4 is 29.5 Å². The molecule has 1 aromatic heterocycles. The Kier molecular flexibility index (Phi) is 11.9. The first-order valence-electron chi connectivity index (χ1n) is 13.3. The van der Waals surface area contributed by atoms with Crippen LogP contribution in [0.5, 0.6) is 5.75 Å². The zero-order valence-corrected chi connectivity index (χ0v) is 24.0. The first-order chi connectivity index (χ1) is 19.8. The van der Waals surface area contributed by atoms with Crippen LogP contribution in [0.2, 0.25) is 0 Å². The lowest BCUT2D eigenvalue weighted by Gasteiger charge is -2.33. The van der Waals surface area contributed by atoms with E-state index in [0.29, 0.717) is 11.3 Å². The highest BCUT2D eigenvalue weighted by Gasteiger charge is 2.36. The molecule has 0 radical (unpaired) electrons. The molecule has 0 aliphatic rings. The predicted octanol–water partition coefficient (Wildman–Crippen LogP) is 3.21. The van der Waals surface area contributed by atoms with Crippen molar-refractivity contribution in [2.75, 3.05) is 11.6 Å². The Hall–Kier alpha value is -4.15. The van der Waals surface area contributed by atoms with Crippen LogP contribution in [-0.2, 0) is 22.6 Å².